The highest BCUT2D eigenvalue weighted by Crippen LogP contribution is 2.38. The van der Waals surface area contributed by atoms with Gasteiger partial charge < -0.3 is 13.9 Å². The number of aromatic nitrogens is 3. The van der Waals surface area contributed by atoms with E-state index in [4.69, 9.17) is 18.9 Å². The minimum atomic E-state index is -0.791. The molecule has 0 amide bonds. The van der Waals surface area contributed by atoms with Crippen LogP contribution >= 0.6 is 39.0 Å². The summed E-state index contributed by atoms with van der Waals surface area (Å²) < 4.78 is 19.9. The van der Waals surface area contributed by atoms with E-state index in [2.05, 4.69) is 25.9 Å². The van der Waals surface area contributed by atoms with Crippen LogP contribution in [0.15, 0.2) is 76.6 Å². The highest BCUT2D eigenvalue weighted by molar-refractivity contribution is 9.10. The lowest BCUT2D eigenvalue weighted by Crippen LogP contribution is -2.40. The number of carbonyl (C=O) groups excluding carboxylic acids is 1. The van der Waals surface area contributed by atoms with Crippen molar-refractivity contribution in [3.05, 3.63) is 94.5 Å². The molecule has 3 aromatic heterocycles. The molecule has 0 radical (unpaired) electrons. The topological polar surface area (TPSA) is 109 Å². The number of ether oxygens (including phenoxy) is 2. The molecular formula is C30H29BrN4O5S2. The van der Waals surface area contributed by atoms with Gasteiger partial charge in [-0.3, -0.25) is 9.36 Å². The summed E-state index contributed by atoms with van der Waals surface area (Å²) in [6, 6.07) is 10.3. The number of esters is 1. The van der Waals surface area contributed by atoms with Crippen molar-refractivity contribution in [1.29, 1.82) is 0 Å². The van der Waals surface area contributed by atoms with E-state index in [1.807, 2.05) is 45.0 Å². The summed E-state index contributed by atoms with van der Waals surface area (Å²) in [7, 11) is 1.56. The zero-order chi connectivity index (χ0) is 30.0. The maximum Gasteiger partial charge on any atom is 0.338 e. The number of aryl methyl sites for hydroxylation is 2. The molecule has 1 aliphatic rings. The van der Waals surface area contributed by atoms with E-state index in [0.717, 1.165) is 22.3 Å². The van der Waals surface area contributed by atoms with Gasteiger partial charge in [-0.05, 0) is 75.4 Å². The number of fused-ring (bicyclic) bond motifs is 1. The van der Waals surface area contributed by atoms with Crippen LogP contribution in [0.2, 0.25) is 0 Å². The van der Waals surface area contributed by atoms with Crippen LogP contribution in [0.3, 0.4) is 0 Å². The predicted octanol–water partition coefficient (Wildman–Crippen LogP) is 5.50. The fourth-order valence-electron chi connectivity index (χ4n) is 4.76. The van der Waals surface area contributed by atoms with Gasteiger partial charge in [-0.15, -0.1) is 0 Å². The molecule has 1 aromatic carbocycles. The summed E-state index contributed by atoms with van der Waals surface area (Å²) in [5, 5.41) is 1.19. The van der Waals surface area contributed by atoms with E-state index in [0.29, 0.717) is 54.3 Å². The lowest BCUT2D eigenvalue weighted by molar-refractivity contribution is -0.139. The van der Waals surface area contributed by atoms with Crippen molar-refractivity contribution in [3.63, 3.8) is 0 Å². The highest BCUT2D eigenvalue weighted by atomic mass is 79.9. The Balaban J connectivity index is 1.65. The SMILES string of the molecule is CCCC1=C(C(=O)OCC)[C@H](c2cc(Br)ccc2OC)n2c(s/c(=C\c3ccc(Sc4nc(C)cc(C)n4)o3)c2=O)=N1. The number of benzene rings is 1. The molecule has 0 saturated carbocycles. The van der Waals surface area contributed by atoms with E-state index in [1.54, 1.807) is 36.8 Å². The number of rotatable bonds is 9. The number of nitrogens with zero attached hydrogens (tertiary/aromatic N) is 4. The Bertz CT molecular complexity index is 1850. The van der Waals surface area contributed by atoms with Crippen molar-refractivity contribution in [2.24, 2.45) is 4.99 Å². The van der Waals surface area contributed by atoms with Crippen LogP contribution in [0.1, 0.15) is 55.4 Å². The van der Waals surface area contributed by atoms with Crippen molar-refractivity contribution in [3.8, 4) is 5.75 Å². The molecule has 4 aromatic rings. The maximum absolute atomic E-state index is 14.0. The van der Waals surface area contributed by atoms with Crippen molar-refractivity contribution in [2.45, 2.75) is 56.8 Å². The number of thiazole rings is 1. The van der Waals surface area contributed by atoms with Gasteiger partial charge in [-0.1, -0.05) is 40.6 Å². The van der Waals surface area contributed by atoms with Gasteiger partial charge in [0.25, 0.3) is 5.56 Å². The second-order valence-corrected chi connectivity index (χ2v) is 12.4. The third-order valence-corrected chi connectivity index (χ3v) is 8.67. The van der Waals surface area contributed by atoms with Gasteiger partial charge in [-0.25, -0.2) is 19.8 Å². The summed E-state index contributed by atoms with van der Waals surface area (Å²) >= 11 is 6.10. The molecule has 4 heterocycles. The van der Waals surface area contributed by atoms with Crippen LogP contribution < -0.4 is 19.6 Å². The van der Waals surface area contributed by atoms with E-state index < -0.39 is 12.0 Å². The molecule has 12 heteroatoms. The molecule has 0 N–H and O–H groups in total. The highest BCUT2D eigenvalue weighted by Gasteiger charge is 2.36. The zero-order valence-corrected chi connectivity index (χ0v) is 27.0. The molecule has 1 atom stereocenters. The first kappa shape index (κ1) is 30.0. The Morgan fingerprint density at radius 1 is 1.17 bits per heavy atom. The molecule has 0 aliphatic carbocycles. The number of furan rings is 1. The fraction of sp³-hybridized carbons (Fsp3) is 0.300. The van der Waals surface area contributed by atoms with Crippen LogP contribution in [-0.2, 0) is 9.53 Å². The second-order valence-electron chi connectivity index (χ2n) is 9.49. The van der Waals surface area contributed by atoms with Crippen LogP contribution in [-0.4, -0.2) is 34.2 Å². The second kappa shape index (κ2) is 12.8. The third-order valence-electron chi connectivity index (χ3n) is 6.41. The van der Waals surface area contributed by atoms with Crippen molar-refractivity contribution in [1.82, 2.24) is 14.5 Å². The molecule has 0 saturated heterocycles. The van der Waals surface area contributed by atoms with Crippen LogP contribution in [0.4, 0.5) is 0 Å². The minimum Gasteiger partial charge on any atom is -0.496 e. The van der Waals surface area contributed by atoms with Gasteiger partial charge in [0.2, 0.25) is 0 Å². The molecule has 0 fully saturated rings. The molecule has 0 unspecified atom stereocenters. The van der Waals surface area contributed by atoms with Crippen LogP contribution in [0.25, 0.3) is 6.08 Å². The molecule has 9 nitrogen and oxygen atoms in total. The number of methoxy groups -OCH3 is 1. The van der Waals surface area contributed by atoms with Gasteiger partial charge in [0.15, 0.2) is 15.1 Å². The number of allylic oxidation sites excluding steroid dienone is 1. The Labute approximate surface area is 259 Å². The van der Waals surface area contributed by atoms with E-state index in [9.17, 15) is 9.59 Å². The first-order valence-electron chi connectivity index (χ1n) is 13.4. The molecule has 0 spiro atoms. The van der Waals surface area contributed by atoms with Crippen LogP contribution in [0.5, 0.6) is 5.75 Å². The van der Waals surface area contributed by atoms with Crippen LogP contribution in [0, 0.1) is 13.8 Å². The molecule has 218 valence electrons. The molecule has 0 bridgehead atoms. The summed E-state index contributed by atoms with van der Waals surface area (Å²) in [5.41, 5.74) is 3.03. The summed E-state index contributed by atoms with van der Waals surface area (Å²) in [4.78, 5) is 41.7. The lowest BCUT2D eigenvalue weighted by Gasteiger charge is -2.27. The summed E-state index contributed by atoms with van der Waals surface area (Å²) in [6.07, 6.45) is 3.00. The van der Waals surface area contributed by atoms with Crippen molar-refractivity contribution >= 4 is 51.1 Å². The summed E-state index contributed by atoms with van der Waals surface area (Å²) in [5.74, 6) is 0.535. The van der Waals surface area contributed by atoms with Crippen molar-refractivity contribution < 1.29 is 18.7 Å². The van der Waals surface area contributed by atoms with Gasteiger partial charge >= 0.3 is 5.97 Å². The Morgan fingerprint density at radius 2 is 1.93 bits per heavy atom. The normalized spacial score (nSPS) is 15.0. The van der Waals surface area contributed by atoms with Gasteiger partial charge in [0, 0.05) is 27.5 Å². The average molecular weight is 670 g/mol. The van der Waals surface area contributed by atoms with Gasteiger partial charge in [-0.2, -0.15) is 0 Å². The minimum absolute atomic E-state index is 0.195. The third kappa shape index (κ3) is 6.16. The molecule has 42 heavy (non-hydrogen) atoms. The monoisotopic (exact) mass is 668 g/mol. The van der Waals surface area contributed by atoms with E-state index in [-0.39, 0.29) is 12.2 Å². The standard InChI is InChI=1S/C30H29BrN4O5S2/c1-6-8-21-25(28(37)39-7-2)26(20-14-18(31)9-11-22(20)38-5)35-27(36)23(41-30(35)34-21)15-19-10-12-24(40-19)42-29-32-16(3)13-17(4)33-29/h9-15,26H,6-8H2,1-5H3/b23-15-/t26-/m0/s1. The quantitative estimate of drug-likeness (QED) is 0.170. The first-order chi connectivity index (χ1) is 20.2. The number of hydrogen-bond donors (Lipinski definition) is 0. The number of halogens is 1. The largest absolute Gasteiger partial charge is 0.496 e. The average Bonchev–Trinajstić information content (AvgIpc) is 3.50. The molecular weight excluding hydrogens is 640 g/mol. The van der Waals surface area contributed by atoms with E-state index >= 15 is 0 Å². The Hall–Kier alpha value is -3.48. The Morgan fingerprint density at radius 3 is 2.62 bits per heavy atom. The first-order valence-corrected chi connectivity index (χ1v) is 15.8. The lowest BCUT2D eigenvalue weighted by atomic mass is 9.93. The predicted molar refractivity (Wildman–Crippen MR) is 165 cm³/mol. The van der Waals surface area contributed by atoms with E-state index in [1.165, 1.54) is 23.1 Å². The Kier molecular flexibility index (Phi) is 9.14. The maximum atomic E-state index is 14.0. The molecule has 5 rings (SSSR count). The molecule has 1 aliphatic heterocycles. The van der Waals surface area contributed by atoms with Crippen molar-refractivity contribution in [2.75, 3.05) is 13.7 Å². The van der Waals surface area contributed by atoms with Gasteiger partial charge in [0.05, 0.1) is 29.5 Å². The summed E-state index contributed by atoms with van der Waals surface area (Å²) in [6.45, 7) is 7.81. The smallest absolute Gasteiger partial charge is 0.338 e. The number of carbonyl (C=O) groups is 1. The zero-order valence-electron chi connectivity index (χ0n) is 23.8. The number of hydrogen-bond acceptors (Lipinski definition) is 10. The van der Waals surface area contributed by atoms with Gasteiger partial charge in [0.1, 0.15) is 17.6 Å². The fourth-order valence-corrected chi connectivity index (χ4v) is 6.97.